The zero-order valence-corrected chi connectivity index (χ0v) is 11.3. The number of aryl methyl sites for hydroxylation is 1. The van der Waals surface area contributed by atoms with E-state index in [4.69, 9.17) is 4.74 Å². The minimum Gasteiger partial charge on any atom is -0.379 e. The Bertz CT molecular complexity index is 356. The monoisotopic (exact) mass is 251 g/mol. The summed E-state index contributed by atoms with van der Waals surface area (Å²) in [5.74, 6) is 0.798. The van der Waals surface area contributed by atoms with Gasteiger partial charge in [0.15, 0.2) is 0 Å². The highest BCUT2D eigenvalue weighted by atomic mass is 32.1. The highest BCUT2D eigenvalue weighted by Crippen LogP contribution is 2.29. The van der Waals surface area contributed by atoms with Crippen LogP contribution >= 0.6 is 12.6 Å². The molecule has 0 fully saturated rings. The average Bonchev–Trinajstić information content (AvgIpc) is 2.37. The summed E-state index contributed by atoms with van der Waals surface area (Å²) >= 11 is 4.14. The molecule has 0 amide bonds. The van der Waals surface area contributed by atoms with Crippen molar-refractivity contribution >= 4 is 18.3 Å². The van der Waals surface area contributed by atoms with E-state index in [-0.39, 0.29) is 0 Å². The SMILES string of the molecule is CC1CCc2ccccc2N1CCOCCS. The average molecular weight is 251 g/mol. The molecule has 0 bridgehead atoms. The lowest BCUT2D eigenvalue weighted by Gasteiger charge is -2.37. The van der Waals surface area contributed by atoms with Crippen molar-refractivity contribution in [2.24, 2.45) is 0 Å². The fourth-order valence-electron chi connectivity index (χ4n) is 2.43. The van der Waals surface area contributed by atoms with Gasteiger partial charge in [-0.15, -0.1) is 0 Å². The maximum Gasteiger partial charge on any atom is 0.0642 e. The molecule has 1 aromatic rings. The van der Waals surface area contributed by atoms with Gasteiger partial charge in [-0.05, 0) is 31.4 Å². The summed E-state index contributed by atoms with van der Waals surface area (Å²) in [6, 6.07) is 9.33. The largest absolute Gasteiger partial charge is 0.379 e. The Labute approximate surface area is 109 Å². The molecule has 1 unspecified atom stereocenters. The summed E-state index contributed by atoms with van der Waals surface area (Å²) < 4.78 is 5.53. The van der Waals surface area contributed by atoms with E-state index in [9.17, 15) is 0 Å². The van der Waals surface area contributed by atoms with E-state index in [1.165, 1.54) is 24.1 Å². The van der Waals surface area contributed by atoms with Gasteiger partial charge in [-0.1, -0.05) is 18.2 Å². The van der Waals surface area contributed by atoms with E-state index in [0.717, 1.165) is 25.5 Å². The summed E-state index contributed by atoms with van der Waals surface area (Å²) in [5.41, 5.74) is 2.86. The van der Waals surface area contributed by atoms with Crippen LogP contribution in [0.25, 0.3) is 0 Å². The summed E-state index contributed by atoms with van der Waals surface area (Å²) in [6.07, 6.45) is 2.44. The minimum absolute atomic E-state index is 0.615. The van der Waals surface area contributed by atoms with Crippen LogP contribution < -0.4 is 4.90 Å². The Morgan fingerprint density at radius 1 is 1.35 bits per heavy atom. The standard InChI is InChI=1S/C14H21NOS/c1-12-6-7-13-4-2-3-5-14(13)15(12)8-9-16-10-11-17/h2-5,12,17H,6-11H2,1H3. The van der Waals surface area contributed by atoms with Crippen LogP contribution in [0.2, 0.25) is 0 Å². The van der Waals surface area contributed by atoms with Crippen molar-refractivity contribution in [3.05, 3.63) is 29.8 Å². The number of hydrogen-bond acceptors (Lipinski definition) is 3. The molecule has 0 aromatic heterocycles. The summed E-state index contributed by atoms with van der Waals surface area (Å²) in [7, 11) is 0. The number of ether oxygens (including phenoxy) is 1. The highest BCUT2D eigenvalue weighted by Gasteiger charge is 2.21. The van der Waals surface area contributed by atoms with Crippen LogP contribution in [0.3, 0.4) is 0 Å². The van der Waals surface area contributed by atoms with Crippen LogP contribution in [0.5, 0.6) is 0 Å². The van der Waals surface area contributed by atoms with E-state index in [1.54, 1.807) is 0 Å². The third-order valence-electron chi connectivity index (χ3n) is 3.38. The minimum atomic E-state index is 0.615. The quantitative estimate of drug-likeness (QED) is 0.638. The smallest absolute Gasteiger partial charge is 0.0642 e. The van der Waals surface area contributed by atoms with E-state index in [1.807, 2.05) is 0 Å². The van der Waals surface area contributed by atoms with Crippen LogP contribution in [0.4, 0.5) is 5.69 Å². The fraction of sp³-hybridized carbons (Fsp3) is 0.571. The molecule has 0 aliphatic carbocycles. The van der Waals surface area contributed by atoms with E-state index >= 15 is 0 Å². The molecular formula is C14H21NOS. The molecule has 94 valence electrons. The molecule has 2 rings (SSSR count). The Morgan fingerprint density at radius 2 is 2.18 bits per heavy atom. The maximum absolute atomic E-state index is 5.53. The van der Waals surface area contributed by atoms with Crippen molar-refractivity contribution in [2.45, 2.75) is 25.8 Å². The number of hydrogen-bond donors (Lipinski definition) is 1. The number of fused-ring (bicyclic) bond motifs is 1. The molecule has 3 heteroatoms. The normalized spacial score (nSPS) is 19.2. The van der Waals surface area contributed by atoms with E-state index in [0.29, 0.717) is 6.04 Å². The second kappa shape index (κ2) is 6.31. The maximum atomic E-state index is 5.53. The number of nitrogens with zero attached hydrogens (tertiary/aromatic N) is 1. The van der Waals surface area contributed by atoms with Gasteiger partial charge in [0, 0.05) is 24.0 Å². The zero-order chi connectivity index (χ0) is 12.1. The molecule has 1 aromatic carbocycles. The molecule has 0 N–H and O–H groups in total. The van der Waals surface area contributed by atoms with E-state index < -0.39 is 0 Å². The van der Waals surface area contributed by atoms with Crippen LogP contribution in [0, 0.1) is 0 Å². The van der Waals surface area contributed by atoms with Crippen LogP contribution in [0.15, 0.2) is 24.3 Å². The lowest BCUT2D eigenvalue weighted by Crippen LogP contribution is -2.39. The van der Waals surface area contributed by atoms with Crippen molar-refractivity contribution in [3.63, 3.8) is 0 Å². The predicted molar refractivity (Wildman–Crippen MR) is 76.2 cm³/mol. The van der Waals surface area contributed by atoms with Crippen LogP contribution in [0.1, 0.15) is 18.9 Å². The second-order valence-corrected chi connectivity index (χ2v) is 4.99. The molecule has 1 aliphatic heterocycles. The third kappa shape index (κ3) is 3.17. The lowest BCUT2D eigenvalue weighted by atomic mass is 9.97. The van der Waals surface area contributed by atoms with Crippen molar-refractivity contribution < 1.29 is 4.74 Å². The molecule has 0 spiro atoms. The number of para-hydroxylation sites is 1. The van der Waals surface area contributed by atoms with Gasteiger partial charge in [0.1, 0.15) is 0 Å². The van der Waals surface area contributed by atoms with E-state index in [2.05, 4.69) is 48.7 Å². The Hall–Kier alpha value is -0.670. The highest BCUT2D eigenvalue weighted by molar-refractivity contribution is 7.80. The van der Waals surface area contributed by atoms with Crippen LogP contribution in [-0.2, 0) is 11.2 Å². The van der Waals surface area contributed by atoms with Gasteiger partial charge in [0.05, 0.1) is 13.2 Å². The van der Waals surface area contributed by atoms with Crippen molar-refractivity contribution in [1.29, 1.82) is 0 Å². The van der Waals surface area contributed by atoms with Crippen molar-refractivity contribution in [2.75, 3.05) is 30.4 Å². The van der Waals surface area contributed by atoms with Gasteiger partial charge in [0.25, 0.3) is 0 Å². The van der Waals surface area contributed by atoms with Gasteiger partial charge in [-0.2, -0.15) is 12.6 Å². The second-order valence-electron chi connectivity index (χ2n) is 4.55. The Kier molecular flexibility index (Phi) is 4.75. The lowest BCUT2D eigenvalue weighted by molar-refractivity contribution is 0.154. The summed E-state index contributed by atoms with van der Waals surface area (Å²) in [6.45, 7) is 4.81. The first kappa shape index (κ1) is 12.8. The number of benzene rings is 1. The van der Waals surface area contributed by atoms with Crippen molar-refractivity contribution in [1.82, 2.24) is 0 Å². The van der Waals surface area contributed by atoms with Gasteiger partial charge in [0.2, 0.25) is 0 Å². The summed E-state index contributed by atoms with van der Waals surface area (Å²) in [4.78, 5) is 2.47. The molecular weight excluding hydrogens is 230 g/mol. The molecule has 0 saturated heterocycles. The molecule has 2 nitrogen and oxygen atoms in total. The van der Waals surface area contributed by atoms with Gasteiger partial charge in [-0.25, -0.2) is 0 Å². The first-order valence-corrected chi connectivity index (χ1v) is 6.99. The molecule has 1 atom stereocenters. The predicted octanol–water partition coefficient (Wildman–Crippen LogP) is 2.77. The zero-order valence-electron chi connectivity index (χ0n) is 10.4. The van der Waals surface area contributed by atoms with Crippen molar-refractivity contribution in [3.8, 4) is 0 Å². The van der Waals surface area contributed by atoms with Gasteiger partial charge >= 0.3 is 0 Å². The number of rotatable bonds is 5. The molecule has 0 saturated carbocycles. The Balaban J connectivity index is 2.00. The topological polar surface area (TPSA) is 12.5 Å². The fourth-order valence-corrected chi connectivity index (χ4v) is 2.56. The van der Waals surface area contributed by atoms with Gasteiger partial charge < -0.3 is 9.64 Å². The summed E-state index contributed by atoms with van der Waals surface area (Å²) in [5, 5.41) is 0. The van der Waals surface area contributed by atoms with Crippen LogP contribution in [-0.4, -0.2) is 31.6 Å². The number of anilines is 1. The third-order valence-corrected chi connectivity index (χ3v) is 3.56. The first-order valence-electron chi connectivity index (χ1n) is 6.36. The Morgan fingerprint density at radius 3 is 3.00 bits per heavy atom. The molecule has 17 heavy (non-hydrogen) atoms. The molecule has 0 radical (unpaired) electrons. The van der Waals surface area contributed by atoms with Gasteiger partial charge in [-0.3, -0.25) is 0 Å². The molecule has 1 aliphatic rings. The number of thiol groups is 1. The first-order chi connectivity index (χ1) is 8.33. The molecule has 1 heterocycles.